The molecule has 7 nitrogen and oxygen atoms in total. The highest BCUT2D eigenvalue weighted by Gasteiger charge is 2.33. The summed E-state index contributed by atoms with van der Waals surface area (Å²) in [6.45, 7) is 4.56. The Balaban J connectivity index is 4.70. The molecule has 7 heteroatoms. The van der Waals surface area contributed by atoms with Crippen LogP contribution in [-0.4, -0.2) is 45.3 Å². The number of carboxylic acids is 2. The van der Waals surface area contributed by atoms with Crippen molar-refractivity contribution in [3.8, 4) is 0 Å². The van der Waals surface area contributed by atoms with Crippen molar-refractivity contribution in [3.63, 3.8) is 0 Å². The van der Waals surface area contributed by atoms with Crippen molar-refractivity contribution in [2.24, 2.45) is 0 Å². The van der Waals surface area contributed by atoms with Crippen molar-refractivity contribution in [2.75, 3.05) is 0 Å². The number of hydrogen-bond donors (Lipinski definition) is 4. The van der Waals surface area contributed by atoms with Gasteiger partial charge in [-0.2, -0.15) is 0 Å². The van der Waals surface area contributed by atoms with E-state index < -0.39 is 30.0 Å². The van der Waals surface area contributed by atoms with Crippen LogP contribution >= 0.6 is 0 Å². The van der Waals surface area contributed by atoms with Gasteiger partial charge in [0.1, 0.15) is 0 Å². The molecule has 0 spiro atoms. The smallest absolute Gasteiger partial charge is 0.335 e. The first-order valence-corrected chi connectivity index (χ1v) is 3.87. The number of amides is 1. The third-order valence-electron chi connectivity index (χ3n) is 1.51. The Hall–Kier alpha value is -1.89. The lowest BCUT2D eigenvalue weighted by atomic mass is 10.1. The maximum absolute atomic E-state index is 11.0. The second kappa shape index (κ2) is 5.11. The summed E-state index contributed by atoms with van der Waals surface area (Å²) in [6.07, 6.45) is -2.20. The van der Waals surface area contributed by atoms with Crippen LogP contribution in [-0.2, 0) is 14.4 Å². The van der Waals surface area contributed by atoms with Gasteiger partial charge >= 0.3 is 11.9 Å². The van der Waals surface area contributed by atoms with Crippen LogP contribution in [0.1, 0.15) is 6.92 Å². The summed E-state index contributed by atoms with van der Waals surface area (Å²) in [4.78, 5) is 31.9. The molecule has 0 heterocycles. The number of carboxylic acid groups (broad SMARTS) is 2. The van der Waals surface area contributed by atoms with Crippen molar-refractivity contribution in [2.45, 2.75) is 19.1 Å². The molecule has 0 rings (SSSR count). The molecule has 2 atom stereocenters. The van der Waals surface area contributed by atoms with E-state index in [0.29, 0.717) is 0 Å². The van der Waals surface area contributed by atoms with Crippen molar-refractivity contribution in [3.05, 3.63) is 12.2 Å². The largest absolute Gasteiger partial charge is 0.480 e. The topological polar surface area (TPSA) is 124 Å². The molecule has 0 aliphatic carbocycles. The van der Waals surface area contributed by atoms with Gasteiger partial charge in [0.2, 0.25) is 5.91 Å². The predicted molar refractivity (Wildman–Crippen MR) is 48.0 cm³/mol. The van der Waals surface area contributed by atoms with Gasteiger partial charge in [-0.15, -0.1) is 0 Å². The van der Waals surface area contributed by atoms with Gasteiger partial charge in [-0.25, -0.2) is 9.59 Å². The number of aliphatic carboxylic acids is 2. The molecule has 0 fully saturated rings. The van der Waals surface area contributed by atoms with Crippen LogP contribution in [0.4, 0.5) is 0 Å². The van der Waals surface area contributed by atoms with Gasteiger partial charge in [0.05, 0.1) is 0 Å². The Bertz CT molecular complexity index is 310. The molecule has 0 aromatic rings. The van der Waals surface area contributed by atoms with Gasteiger partial charge in [0, 0.05) is 5.57 Å². The molecular weight excluding hydrogens is 206 g/mol. The fraction of sp³-hybridized carbons (Fsp3) is 0.375. The van der Waals surface area contributed by atoms with Crippen molar-refractivity contribution in [1.29, 1.82) is 0 Å². The van der Waals surface area contributed by atoms with Crippen molar-refractivity contribution in [1.82, 2.24) is 5.32 Å². The summed E-state index contributed by atoms with van der Waals surface area (Å²) < 4.78 is 0. The first-order chi connectivity index (χ1) is 6.77. The van der Waals surface area contributed by atoms with Crippen molar-refractivity contribution >= 4 is 17.8 Å². The maximum atomic E-state index is 11.0. The molecule has 84 valence electrons. The Labute approximate surface area is 85.0 Å². The molecule has 0 saturated carbocycles. The third kappa shape index (κ3) is 3.77. The van der Waals surface area contributed by atoms with E-state index in [-0.39, 0.29) is 5.57 Å². The Morgan fingerprint density at radius 1 is 1.20 bits per heavy atom. The minimum absolute atomic E-state index is 0.0128. The zero-order chi connectivity index (χ0) is 12.2. The number of aliphatic hydroxyl groups excluding tert-OH is 1. The normalized spacial score (nSPS) is 13.7. The molecule has 4 N–H and O–H groups in total. The Morgan fingerprint density at radius 3 is 1.93 bits per heavy atom. The fourth-order valence-electron chi connectivity index (χ4n) is 0.683. The Morgan fingerprint density at radius 2 is 1.67 bits per heavy atom. The van der Waals surface area contributed by atoms with E-state index in [1.54, 1.807) is 0 Å². The zero-order valence-corrected chi connectivity index (χ0v) is 7.93. The van der Waals surface area contributed by atoms with E-state index >= 15 is 0 Å². The highest BCUT2D eigenvalue weighted by molar-refractivity contribution is 5.96. The van der Waals surface area contributed by atoms with E-state index in [1.807, 2.05) is 5.32 Å². The number of hydrogen-bond acceptors (Lipinski definition) is 4. The van der Waals surface area contributed by atoms with Crippen LogP contribution in [0, 0.1) is 0 Å². The van der Waals surface area contributed by atoms with Crippen LogP contribution in [0.5, 0.6) is 0 Å². The van der Waals surface area contributed by atoms with Gasteiger partial charge < -0.3 is 20.6 Å². The second-order valence-corrected chi connectivity index (χ2v) is 2.85. The molecule has 0 radical (unpaired) electrons. The van der Waals surface area contributed by atoms with E-state index in [9.17, 15) is 14.4 Å². The van der Waals surface area contributed by atoms with Gasteiger partial charge in [0.15, 0.2) is 12.1 Å². The SMILES string of the molecule is C=C(C)C(=O)N[C@H](C(=O)O)C(O)C(=O)O. The lowest BCUT2D eigenvalue weighted by molar-refractivity contribution is -0.156. The monoisotopic (exact) mass is 217 g/mol. The lowest BCUT2D eigenvalue weighted by Crippen LogP contribution is -2.51. The van der Waals surface area contributed by atoms with Gasteiger partial charge in [-0.1, -0.05) is 6.58 Å². The van der Waals surface area contributed by atoms with Crippen LogP contribution in [0.2, 0.25) is 0 Å². The molecule has 0 saturated heterocycles. The Kier molecular flexibility index (Phi) is 4.46. The zero-order valence-electron chi connectivity index (χ0n) is 7.93. The maximum Gasteiger partial charge on any atom is 0.335 e. The minimum Gasteiger partial charge on any atom is -0.480 e. The average molecular weight is 217 g/mol. The molecule has 0 aliphatic heterocycles. The van der Waals surface area contributed by atoms with E-state index in [0.717, 1.165) is 0 Å². The molecular formula is C8H11NO6. The van der Waals surface area contributed by atoms with Gasteiger partial charge in [0.25, 0.3) is 0 Å². The number of carbonyl (C=O) groups excluding carboxylic acids is 1. The molecule has 0 bridgehead atoms. The first-order valence-electron chi connectivity index (χ1n) is 3.87. The second-order valence-electron chi connectivity index (χ2n) is 2.85. The van der Waals surface area contributed by atoms with Gasteiger partial charge in [-0.05, 0) is 6.92 Å². The van der Waals surface area contributed by atoms with Crippen LogP contribution in [0.25, 0.3) is 0 Å². The molecule has 0 aromatic carbocycles. The quantitative estimate of drug-likeness (QED) is 0.419. The third-order valence-corrected chi connectivity index (χ3v) is 1.51. The summed E-state index contributed by atoms with van der Waals surface area (Å²) in [6, 6.07) is -1.90. The van der Waals surface area contributed by atoms with E-state index in [1.165, 1.54) is 6.92 Å². The lowest BCUT2D eigenvalue weighted by Gasteiger charge is -2.16. The number of nitrogens with one attached hydrogen (secondary N) is 1. The summed E-state index contributed by atoms with van der Waals surface area (Å²) >= 11 is 0. The fourth-order valence-corrected chi connectivity index (χ4v) is 0.683. The van der Waals surface area contributed by atoms with Crippen LogP contribution in [0.15, 0.2) is 12.2 Å². The van der Waals surface area contributed by atoms with Crippen molar-refractivity contribution < 1.29 is 29.7 Å². The number of carbonyl (C=O) groups is 3. The molecule has 1 unspecified atom stereocenters. The number of aliphatic hydroxyl groups is 1. The summed E-state index contributed by atoms with van der Waals surface area (Å²) in [5.74, 6) is -4.20. The first kappa shape index (κ1) is 13.1. The average Bonchev–Trinajstić information content (AvgIpc) is 2.11. The standard InChI is InChI=1S/C8H11NO6/c1-3(2)6(11)9-4(7(12)13)5(10)8(14)15/h4-5,10H,1H2,2H3,(H,9,11)(H,12,13)(H,14,15)/t4-,5?/m0/s1. The number of rotatable bonds is 5. The summed E-state index contributed by atoms with van der Waals surface area (Å²) in [5, 5.41) is 27.7. The van der Waals surface area contributed by atoms with Gasteiger partial charge in [-0.3, -0.25) is 4.79 Å². The summed E-state index contributed by atoms with van der Waals surface area (Å²) in [7, 11) is 0. The molecule has 1 amide bonds. The molecule has 15 heavy (non-hydrogen) atoms. The molecule has 0 aromatic heterocycles. The summed E-state index contributed by atoms with van der Waals surface area (Å²) in [5.41, 5.74) is 0.0128. The molecule has 0 aliphatic rings. The van der Waals surface area contributed by atoms with Crippen LogP contribution in [0.3, 0.4) is 0 Å². The van der Waals surface area contributed by atoms with Crippen LogP contribution < -0.4 is 5.32 Å². The van der Waals surface area contributed by atoms with E-state index in [4.69, 9.17) is 15.3 Å². The highest BCUT2D eigenvalue weighted by Crippen LogP contribution is 1.97. The highest BCUT2D eigenvalue weighted by atomic mass is 16.4. The predicted octanol–water partition coefficient (Wildman–Crippen LogP) is -1.42. The minimum atomic E-state index is -2.20. The van der Waals surface area contributed by atoms with E-state index in [2.05, 4.69) is 6.58 Å².